The van der Waals surface area contributed by atoms with Crippen LogP contribution < -0.4 is 0 Å². The van der Waals surface area contributed by atoms with Crippen molar-refractivity contribution in [2.45, 2.75) is 39.0 Å². The van der Waals surface area contributed by atoms with E-state index in [1.807, 2.05) is 6.92 Å². The summed E-state index contributed by atoms with van der Waals surface area (Å²) < 4.78 is 16.2. The molecule has 3 aromatic rings. The summed E-state index contributed by atoms with van der Waals surface area (Å²) in [5.41, 5.74) is 0.878. The Hall–Kier alpha value is -2.57. The van der Waals surface area contributed by atoms with Crippen LogP contribution in [0.2, 0.25) is 10.0 Å². The van der Waals surface area contributed by atoms with Gasteiger partial charge in [0.2, 0.25) is 0 Å². The molecule has 0 amide bonds. The monoisotopic (exact) mass is 451 g/mol. The number of aliphatic carboxylic acids is 1. The van der Waals surface area contributed by atoms with E-state index in [2.05, 4.69) is 0 Å². The van der Waals surface area contributed by atoms with Gasteiger partial charge >= 0.3 is 5.97 Å². The molecule has 5 nitrogen and oxygen atoms in total. The number of unbranched alkanes of at least 4 members (excludes halogenated alkanes) is 1. The molecular weight excluding hydrogens is 432 g/mol. The van der Waals surface area contributed by atoms with Crippen LogP contribution in [0.1, 0.15) is 53.7 Å². The van der Waals surface area contributed by atoms with Crippen LogP contribution in [-0.2, 0) is 4.79 Å². The first-order valence-corrected chi connectivity index (χ1v) is 10.2. The largest absolute Gasteiger partial charge is 0.505 e. The third-order valence-electron chi connectivity index (χ3n) is 5.20. The predicted octanol–water partition coefficient (Wildman–Crippen LogP) is 6.15. The lowest BCUT2D eigenvalue weighted by atomic mass is 9.91. The third kappa shape index (κ3) is 3.77. The Bertz CT molecular complexity index is 1160. The minimum Gasteiger partial charge on any atom is -0.505 e. The second-order valence-electron chi connectivity index (χ2n) is 7.09. The van der Waals surface area contributed by atoms with Crippen LogP contribution in [-0.4, -0.2) is 26.7 Å². The van der Waals surface area contributed by atoms with Crippen LogP contribution >= 0.6 is 23.2 Å². The molecule has 158 valence electrons. The average Bonchev–Trinajstić information content (AvgIpc) is 2.99. The van der Waals surface area contributed by atoms with Crippen LogP contribution in [0.3, 0.4) is 0 Å². The van der Waals surface area contributed by atoms with Crippen molar-refractivity contribution in [2.75, 3.05) is 0 Å². The normalized spacial score (nSPS) is 12.3. The maximum Gasteiger partial charge on any atom is 0.311 e. The molecule has 0 saturated carbocycles. The van der Waals surface area contributed by atoms with Gasteiger partial charge < -0.3 is 10.2 Å². The van der Waals surface area contributed by atoms with E-state index < -0.39 is 29.4 Å². The van der Waals surface area contributed by atoms with Crippen LogP contribution in [0, 0.1) is 12.7 Å². The van der Waals surface area contributed by atoms with Crippen molar-refractivity contribution in [1.29, 1.82) is 0 Å². The van der Waals surface area contributed by atoms with Gasteiger partial charge in [-0.15, -0.1) is 0 Å². The number of fused-ring (bicyclic) bond motifs is 1. The number of hydrogen-bond acceptors (Lipinski definition) is 3. The lowest BCUT2D eigenvalue weighted by Gasteiger charge is -2.14. The van der Waals surface area contributed by atoms with Crippen molar-refractivity contribution >= 4 is 46.0 Å². The fourth-order valence-electron chi connectivity index (χ4n) is 3.73. The highest BCUT2D eigenvalue weighted by atomic mass is 35.5. The van der Waals surface area contributed by atoms with Crippen molar-refractivity contribution in [2.24, 2.45) is 0 Å². The minimum atomic E-state index is -1.12. The summed E-state index contributed by atoms with van der Waals surface area (Å²) in [7, 11) is 0. The zero-order valence-corrected chi connectivity index (χ0v) is 17.9. The molecule has 1 aromatic heterocycles. The smallest absolute Gasteiger partial charge is 0.311 e. The van der Waals surface area contributed by atoms with Crippen LogP contribution in [0.15, 0.2) is 30.3 Å². The van der Waals surface area contributed by atoms with Gasteiger partial charge in [-0.3, -0.25) is 14.2 Å². The van der Waals surface area contributed by atoms with Gasteiger partial charge in [-0.2, -0.15) is 0 Å². The highest BCUT2D eigenvalue weighted by Crippen LogP contribution is 2.39. The first-order chi connectivity index (χ1) is 14.2. The van der Waals surface area contributed by atoms with Crippen molar-refractivity contribution in [3.05, 3.63) is 63.0 Å². The fraction of sp³-hybridized carbons (Fsp3) is 0.273. The van der Waals surface area contributed by atoms with E-state index in [-0.39, 0.29) is 38.5 Å². The number of aromatic hydroxyl groups is 1. The van der Waals surface area contributed by atoms with Gasteiger partial charge in [0.15, 0.2) is 11.6 Å². The Morgan fingerprint density at radius 1 is 1.17 bits per heavy atom. The zero-order chi connectivity index (χ0) is 22.2. The fourth-order valence-corrected chi connectivity index (χ4v) is 4.02. The number of phenols is 1. The molecule has 0 spiro atoms. The van der Waals surface area contributed by atoms with E-state index in [1.165, 1.54) is 28.8 Å². The Kier molecular flexibility index (Phi) is 6.38. The summed E-state index contributed by atoms with van der Waals surface area (Å²) in [5.74, 6) is -4.20. The number of aromatic nitrogens is 1. The van der Waals surface area contributed by atoms with Gasteiger partial charge in [0.1, 0.15) is 0 Å². The Labute approximate surface area is 182 Å². The van der Waals surface area contributed by atoms with E-state index in [0.717, 1.165) is 12.5 Å². The Morgan fingerprint density at radius 3 is 2.47 bits per heavy atom. The summed E-state index contributed by atoms with van der Waals surface area (Å²) in [6.07, 6.45) is 1.66. The number of rotatable bonds is 6. The lowest BCUT2D eigenvalue weighted by molar-refractivity contribution is -0.139. The minimum absolute atomic E-state index is 0.0654. The molecule has 0 aliphatic heterocycles. The number of benzene rings is 2. The molecule has 0 bridgehead atoms. The number of carbonyl (C=O) groups is 2. The number of carbonyl (C=O) groups excluding carboxylic acids is 1. The number of carboxylic acids is 1. The number of carboxylic acid groups (broad SMARTS) is 1. The maximum atomic E-state index is 15.0. The molecule has 3 rings (SSSR count). The molecule has 30 heavy (non-hydrogen) atoms. The van der Waals surface area contributed by atoms with Gasteiger partial charge in [0.05, 0.1) is 21.5 Å². The molecule has 2 N–H and O–H groups in total. The first kappa shape index (κ1) is 22.1. The molecular formula is C22H20Cl2FNO4. The van der Waals surface area contributed by atoms with E-state index in [0.29, 0.717) is 12.1 Å². The summed E-state index contributed by atoms with van der Waals surface area (Å²) >= 11 is 12.0. The SMILES string of the molecule is CCCC[C@H](C(=O)O)c1c(C)n(C(=O)c2ccc(Cl)c(Cl)c2)c2ccc(O)c(F)c12. The first-order valence-electron chi connectivity index (χ1n) is 9.43. The summed E-state index contributed by atoms with van der Waals surface area (Å²) in [6, 6.07) is 6.91. The molecule has 0 radical (unpaired) electrons. The summed E-state index contributed by atoms with van der Waals surface area (Å²) in [6.45, 7) is 3.50. The molecule has 1 atom stereocenters. The predicted molar refractivity (Wildman–Crippen MR) is 114 cm³/mol. The van der Waals surface area contributed by atoms with Crippen molar-refractivity contribution in [1.82, 2.24) is 4.57 Å². The Morgan fingerprint density at radius 2 is 1.87 bits per heavy atom. The highest BCUT2D eigenvalue weighted by Gasteiger charge is 2.31. The molecule has 8 heteroatoms. The topological polar surface area (TPSA) is 79.5 Å². The summed E-state index contributed by atoms with van der Waals surface area (Å²) in [4.78, 5) is 25.3. The number of phenolic OH excluding ortho intramolecular Hbond substituents is 1. The van der Waals surface area contributed by atoms with E-state index in [1.54, 1.807) is 6.92 Å². The number of halogens is 3. The van der Waals surface area contributed by atoms with Gasteiger partial charge in [-0.05, 0) is 49.2 Å². The second-order valence-corrected chi connectivity index (χ2v) is 7.91. The molecule has 0 fully saturated rings. The summed E-state index contributed by atoms with van der Waals surface area (Å²) in [5, 5.41) is 20.1. The van der Waals surface area contributed by atoms with Gasteiger partial charge in [0, 0.05) is 16.6 Å². The quantitative estimate of drug-likeness (QED) is 0.470. The maximum absolute atomic E-state index is 15.0. The van der Waals surface area contributed by atoms with E-state index in [4.69, 9.17) is 23.2 Å². The van der Waals surface area contributed by atoms with E-state index in [9.17, 15) is 24.2 Å². The standard InChI is InChI=1S/C22H20Cl2FNO4/c1-3-4-5-13(22(29)30)18-11(2)26(16-8-9-17(27)20(25)19(16)18)21(28)12-6-7-14(23)15(24)10-12/h6-10,13,27H,3-5H2,1-2H3,(H,29,30)/t13-/m0/s1. The average molecular weight is 452 g/mol. The molecule has 0 aliphatic carbocycles. The van der Waals surface area contributed by atoms with Gasteiger partial charge in [-0.25, -0.2) is 4.39 Å². The van der Waals surface area contributed by atoms with Gasteiger partial charge in [0.25, 0.3) is 5.91 Å². The molecule has 0 unspecified atom stereocenters. The van der Waals surface area contributed by atoms with Crippen molar-refractivity contribution < 1.29 is 24.2 Å². The zero-order valence-electron chi connectivity index (χ0n) is 16.4. The number of hydrogen-bond donors (Lipinski definition) is 2. The molecule has 0 aliphatic rings. The third-order valence-corrected chi connectivity index (χ3v) is 5.94. The van der Waals surface area contributed by atoms with Crippen LogP contribution in [0.5, 0.6) is 5.75 Å². The highest BCUT2D eigenvalue weighted by molar-refractivity contribution is 6.42. The lowest BCUT2D eigenvalue weighted by Crippen LogP contribution is -2.16. The number of nitrogens with zero attached hydrogens (tertiary/aromatic N) is 1. The molecule has 0 saturated heterocycles. The Balaban J connectivity index is 2.32. The molecule has 2 aromatic carbocycles. The van der Waals surface area contributed by atoms with Crippen molar-refractivity contribution in [3.8, 4) is 5.75 Å². The van der Waals surface area contributed by atoms with Gasteiger partial charge in [-0.1, -0.05) is 43.0 Å². The second kappa shape index (κ2) is 8.66. The van der Waals surface area contributed by atoms with Crippen LogP contribution in [0.4, 0.5) is 4.39 Å². The van der Waals surface area contributed by atoms with Crippen molar-refractivity contribution in [3.63, 3.8) is 0 Å². The van der Waals surface area contributed by atoms with Crippen LogP contribution in [0.25, 0.3) is 10.9 Å². The van der Waals surface area contributed by atoms with E-state index >= 15 is 0 Å². The molecule has 1 heterocycles.